The van der Waals surface area contributed by atoms with E-state index in [0.717, 1.165) is 0 Å². The molecule has 0 aromatic heterocycles. The van der Waals surface area contributed by atoms with Gasteiger partial charge in [0, 0.05) is 0 Å². The van der Waals surface area contributed by atoms with Crippen molar-refractivity contribution in [3.05, 3.63) is 30.3 Å². The van der Waals surface area contributed by atoms with E-state index in [1.807, 2.05) is 18.2 Å². The van der Waals surface area contributed by atoms with Gasteiger partial charge in [-0.25, -0.2) is 0 Å². The Balaban J connectivity index is 0.000000490. The zero-order chi connectivity index (χ0) is 5.11. The molecule has 43 valence electrons. The van der Waals surface area contributed by atoms with E-state index in [1.54, 1.807) is 0 Å². The molecule has 0 atom stereocenters. The van der Waals surface area contributed by atoms with Crippen LogP contribution in [0.5, 0.6) is 0 Å². The molecule has 0 saturated carbocycles. The third-order valence-electron chi connectivity index (χ3n) is 0.774. The van der Waals surface area contributed by atoms with Crippen molar-refractivity contribution in [2.75, 3.05) is 0 Å². The fraction of sp³-hybridized carbons (Fsp3) is 0. The van der Waals surface area contributed by atoms with Gasteiger partial charge in [-0.15, -0.1) is 0 Å². The molecule has 1 aromatic rings. The van der Waals surface area contributed by atoms with E-state index in [2.05, 4.69) is 28.6 Å². The van der Waals surface area contributed by atoms with Gasteiger partial charge in [0.15, 0.2) is 0 Å². The second kappa shape index (κ2) is 4.19. The normalized spacial score (nSPS) is 7.62. The molecule has 2 heteroatoms. The van der Waals surface area contributed by atoms with Crippen molar-refractivity contribution in [1.82, 2.24) is 0 Å². The van der Waals surface area contributed by atoms with Crippen molar-refractivity contribution in [1.29, 1.82) is 0 Å². The van der Waals surface area contributed by atoms with Crippen LogP contribution in [0.1, 0.15) is 0 Å². The van der Waals surface area contributed by atoms with Gasteiger partial charge in [0.05, 0.1) is 0 Å². The van der Waals surface area contributed by atoms with E-state index in [1.165, 1.54) is 4.40 Å². The van der Waals surface area contributed by atoms with E-state index in [-0.39, 0.29) is 17.1 Å². The van der Waals surface area contributed by atoms with Crippen molar-refractivity contribution in [2.45, 2.75) is 0 Å². The second-order valence-corrected chi connectivity index (χ2v) is 2.58. The maximum atomic E-state index is 2.08. The molecule has 1 rings (SSSR count). The Kier molecular flexibility index (Phi) is 4.34. The quantitative estimate of drug-likeness (QED) is 0.550. The third kappa shape index (κ3) is 2.56. The summed E-state index contributed by atoms with van der Waals surface area (Å²) in [6, 6.07) is 10.3. The van der Waals surface area contributed by atoms with Gasteiger partial charge in [0.1, 0.15) is 0 Å². The Morgan fingerprint density at radius 1 is 1.00 bits per heavy atom. The van der Waals surface area contributed by atoms with Crippen LogP contribution in [-0.2, 0) is 17.1 Å². The first-order valence-electron chi connectivity index (χ1n) is 2.16. The number of benzene rings is 1. The predicted molar refractivity (Wildman–Crippen MR) is 31.8 cm³/mol. The minimum absolute atomic E-state index is 0. The van der Waals surface area contributed by atoms with Crippen molar-refractivity contribution in [2.24, 2.45) is 0 Å². The monoisotopic (exact) mass is 214 g/mol. The topological polar surface area (TPSA) is 0 Å². The molecule has 0 unspecified atom stereocenters. The summed E-state index contributed by atoms with van der Waals surface area (Å²) >= 11 is 2.08. The molecule has 0 heterocycles. The van der Waals surface area contributed by atoms with Crippen LogP contribution in [0.15, 0.2) is 30.3 Å². The molecule has 0 saturated heterocycles. The molecule has 0 fully saturated rings. The van der Waals surface area contributed by atoms with Gasteiger partial charge in [-0.05, 0) is 0 Å². The summed E-state index contributed by atoms with van der Waals surface area (Å²) in [7, 11) is 0. The molecule has 0 N–H and O–H groups in total. The van der Waals surface area contributed by atoms with Crippen LogP contribution in [0.25, 0.3) is 0 Å². The third-order valence-corrected chi connectivity index (χ3v) is 1.47. The molecule has 0 aliphatic heterocycles. The fourth-order valence-corrected chi connectivity index (χ4v) is 0.842. The van der Waals surface area contributed by atoms with E-state index < -0.39 is 0 Å². The van der Waals surface area contributed by atoms with Gasteiger partial charge in [-0.2, -0.15) is 0 Å². The van der Waals surface area contributed by atoms with Gasteiger partial charge in [-0.3, -0.25) is 0 Å². The molecule has 0 bridgehead atoms. The number of hydrogen-bond acceptors (Lipinski definition) is 0. The zero-order valence-electron chi connectivity index (χ0n) is 4.19. The van der Waals surface area contributed by atoms with E-state index in [4.69, 9.17) is 0 Å². The molecule has 1 aromatic carbocycles. The first-order valence-corrected chi connectivity index (χ1v) is 3.21. The molecule has 0 spiro atoms. The van der Waals surface area contributed by atoms with E-state index in [0.29, 0.717) is 0 Å². The predicted octanol–water partition coefficient (Wildman–Crippen LogP) is 0.478. The molecule has 3 radical (unpaired) electrons. The van der Waals surface area contributed by atoms with Crippen molar-refractivity contribution >= 4 is 20.9 Å². The molecule has 0 aliphatic rings. The Hall–Kier alpha value is 0.282. The van der Waals surface area contributed by atoms with Crippen LogP contribution in [0.4, 0.5) is 0 Å². The first kappa shape index (κ1) is 8.28. The molecule has 0 aliphatic carbocycles. The summed E-state index contributed by atoms with van der Waals surface area (Å²) in [5.41, 5.74) is 0. The molecular formula is C6H5CuGe+. The minimum atomic E-state index is 0. The Morgan fingerprint density at radius 2 is 1.50 bits per heavy atom. The Labute approximate surface area is 68.4 Å². The molecule has 0 amide bonds. The van der Waals surface area contributed by atoms with Crippen LogP contribution in [0, 0.1) is 0 Å². The van der Waals surface area contributed by atoms with Crippen molar-refractivity contribution < 1.29 is 17.1 Å². The summed E-state index contributed by atoms with van der Waals surface area (Å²) in [6.07, 6.45) is 0. The molecule has 0 nitrogen and oxygen atoms in total. The van der Waals surface area contributed by atoms with E-state index >= 15 is 0 Å². The summed E-state index contributed by atoms with van der Waals surface area (Å²) in [6.45, 7) is 0. The molecule has 8 heavy (non-hydrogen) atoms. The van der Waals surface area contributed by atoms with Crippen LogP contribution in [0.3, 0.4) is 0 Å². The van der Waals surface area contributed by atoms with Crippen LogP contribution in [-0.4, -0.2) is 16.5 Å². The average molecular weight is 213 g/mol. The van der Waals surface area contributed by atoms with Crippen molar-refractivity contribution in [3.8, 4) is 0 Å². The average Bonchev–Trinajstić information content (AvgIpc) is 1.69. The van der Waals surface area contributed by atoms with Crippen LogP contribution in [0.2, 0.25) is 0 Å². The second-order valence-electron chi connectivity index (χ2n) is 1.37. The maximum absolute atomic E-state index is 2.08. The van der Waals surface area contributed by atoms with Crippen LogP contribution >= 0.6 is 0 Å². The number of hydrogen-bond donors (Lipinski definition) is 0. The first-order chi connectivity index (χ1) is 3.39. The SMILES string of the molecule is [Cu+].[Ge][c]1ccccc1. The van der Waals surface area contributed by atoms with E-state index in [9.17, 15) is 0 Å². The van der Waals surface area contributed by atoms with Gasteiger partial charge in [0.25, 0.3) is 0 Å². The standard InChI is InChI=1S/C6H5Ge.Cu/c7-6-4-2-1-3-5-6;/h1-5H;/q;+1. The fourth-order valence-electron chi connectivity index (χ4n) is 0.438. The van der Waals surface area contributed by atoms with Gasteiger partial charge in [0.2, 0.25) is 0 Å². The Morgan fingerprint density at radius 3 is 1.75 bits per heavy atom. The van der Waals surface area contributed by atoms with Crippen LogP contribution < -0.4 is 4.40 Å². The summed E-state index contributed by atoms with van der Waals surface area (Å²) < 4.78 is 1.32. The van der Waals surface area contributed by atoms with Gasteiger partial charge < -0.3 is 0 Å². The molecular weight excluding hydrogens is 208 g/mol. The number of rotatable bonds is 0. The summed E-state index contributed by atoms with van der Waals surface area (Å²) in [5.74, 6) is 0. The summed E-state index contributed by atoms with van der Waals surface area (Å²) in [5, 5.41) is 0. The van der Waals surface area contributed by atoms with Gasteiger partial charge >= 0.3 is 68.3 Å². The zero-order valence-corrected chi connectivity index (χ0v) is 7.23. The Bertz CT molecular complexity index is 138. The van der Waals surface area contributed by atoms with Crippen molar-refractivity contribution in [3.63, 3.8) is 0 Å². The summed E-state index contributed by atoms with van der Waals surface area (Å²) in [4.78, 5) is 0. The van der Waals surface area contributed by atoms with Gasteiger partial charge in [-0.1, -0.05) is 0 Å².